The summed E-state index contributed by atoms with van der Waals surface area (Å²) in [5.74, 6) is -0.205. The molecule has 1 saturated heterocycles. The molecule has 4 nitrogen and oxygen atoms in total. The third kappa shape index (κ3) is 5.98. The maximum Gasteiger partial charge on any atom is 0.573 e. The van der Waals surface area contributed by atoms with Crippen molar-refractivity contribution in [3.63, 3.8) is 0 Å². The zero-order chi connectivity index (χ0) is 21.0. The molecule has 1 N–H and O–H groups in total. The molecule has 1 aromatic heterocycles. The average Bonchev–Trinajstić information content (AvgIpc) is 3.38. The number of benzene rings is 2. The quantitative estimate of drug-likeness (QED) is 0.475. The van der Waals surface area contributed by atoms with E-state index in [1.807, 2.05) is 11.6 Å². The molecule has 0 bridgehead atoms. The molecule has 4 rings (SSSR count). The molecule has 2 heterocycles. The lowest BCUT2D eigenvalue weighted by molar-refractivity contribution is -0.274. The highest BCUT2D eigenvalue weighted by molar-refractivity contribution is 7.97. The molecule has 30 heavy (non-hydrogen) atoms. The molecule has 158 valence electrons. The van der Waals surface area contributed by atoms with Crippen molar-refractivity contribution in [2.24, 2.45) is 0 Å². The van der Waals surface area contributed by atoms with Gasteiger partial charge in [0.05, 0.1) is 0 Å². The Bertz CT molecular complexity index is 949. The zero-order valence-electron chi connectivity index (χ0n) is 15.9. The molecular weight excluding hydrogens is 431 g/mol. The van der Waals surface area contributed by atoms with Crippen LogP contribution in [0.1, 0.15) is 12.0 Å². The van der Waals surface area contributed by atoms with Crippen molar-refractivity contribution < 1.29 is 17.9 Å². The summed E-state index contributed by atoms with van der Waals surface area (Å²) in [5.41, 5.74) is 2.38. The Morgan fingerprint density at radius 1 is 1.20 bits per heavy atom. The maximum atomic E-state index is 12.4. The number of ether oxygens (including phenoxy) is 1. The minimum absolute atomic E-state index is 0.205. The third-order valence-electron chi connectivity index (χ3n) is 4.69. The largest absolute Gasteiger partial charge is 0.573 e. The third-order valence-corrected chi connectivity index (χ3v) is 6.46. The molecule has 1 atom stereocenters. The van der Waals surface area contributed by atoms with Crippen LogP contribution in [0.25, 0.3) is 10.6 Å². The fourth-order valence-corrected chi connectivity index (χ4v) is 4.80. The number of halogens is 3. The molecule has 9 heteroatoms. The van der Waals surface area contributed by atoms with Gasteiger partial charge in [0.2, 0.25) is 0 Å². The van der Waals surface area contributed by atoms with Crippen LogP contribution in [0.2, 0.25) is 0 Å². The summed E-state index contributed by atoms with van der Waals surface area (Å²) in [6.45, 7) is 2.74. The van der Waals surface area contributed by atoms with Crippen molar-refractivity contribution in [1.29, 1.82) is 0 Å². The first kappa shape index (κ1) is 21.2. The maximum absolute atomic E-state index is 12.4. The Morgan fingerprint density at radius 2 is 2.03 bits per heavy atom. The van der Waals surface area contributed by atoms with Gasteiger partial charge in [-0.3, -0.25) is 9.62 Å². The fraction of sp³-hybridized carbons (Fsp3) is 0.286. The Balaban J connectivity index is 1.25. The van der Waals surface area contributed by atoms with Gasteiger partial charge in [0.25, 0.3) is 0 Å². The summed E-state index contributed by atoms with van der Waals surface area (Å²) in [7, 11) is 0. The monoisotopic (exact) mass is 451 g/mol. The molecule has 1 fully saturated rings. The van der Waals surface area contributed by atoms with Gasteiger partial charge in [-0.25, -0.2) is 4.98 Å². The molecule has 2 aromatic carbocycles. The summed E-state index contributed by atoms with van der Waals surface area (Å²) in [6, 6.07) is 14.8. The number of nitrogens with one attached hydrogen (secondary N) is 1. The minimum Gasteiger partial charge on any atom is -0.406 e. The fourth-order valence-electron chi connectivity index (χ4n) is 3.34. The summed E-state index contributed by atoms with van der Waals surface area (Å²) in [6.07, 6.45) is -1.88. The normalized spacial score (nSPS) is 17.4. The molecule has 0 amide bonds. The van der Waals surface area contributed by atoms with Crippen LogP contribution in [0, 0.1) is 0 Å². The van der Waals surface area contributed by atoms with E-state index in [9.17, 15) is 13.2 Å². The van der Waals surface area contributed by atoms with E-state index in [0.29, 0.717) is 4.90 Å². The predicted molar refractivity (Wildman–Crippen MR) is 113 cm³/mol. The first-order valence-corrected chi connectivity index (χ1v) is 11.1. The van der Waals surface area contributed by atoms with Gasteiger partial charge in [-0.1, -0.05) is 30.3 Å². The van der Waals surface area contributed by atoms with E-state index in [4.69, 9.17) is 0 Å². The van der Waals surface area contributed by atoms with Crippen LogP contribution in [0.4, 0.5) is 13.2 Å². The lowest BCUT2D eigenvalue weighted by atomic mass is 10.1. The van der Waals surface area contributed by atoms with Crippen molar-refractivity contribution in [2.45, 2.75) is 30.3 Å². The van der Waals surface area contributed by atoms with Crippen LogP contribution in [0.3, 0.4) is 0 Å². The molecule has 0 saturated carbocycles. The molecule has 0 radical (unpaired) electrons. The standard InChI is InChI=1S/C21H20F3N3OS2/c22-21(23,24)28-18-2-1-3-19(12-18)30-26-17-8-10-27(14-17)13-15-4-6-16(7-5-15)20-25-9-11-29-20/h1-7,9,11-12,17,26H,8,10,13-14H2. The van der Waals surface area contributed by atoms with Crippen molar-refractivity contribution in [2.75, 3.05) is 13.1 Å². The van der Waals surface area contributed by atoms with E-state index in [2.05, 4.69) is 43.6 Å². The van der Waals surface area contributed by atoms with Gasteiger partial charge >= 0.3 is 6.36 Å². The van der Waals surface area contributed by atoms with Gasteiger partial charge in [-0.05, 0) is 42.1 Å². The van der Waals surface area contributed by atoms with Gasteiger partial charge in [0.15, 0.2) is 0 Å². The highest BCUT2D eigenvalue weighted by Gasteiger charge is 2.31. The van der Waals surface area contributed by atoms with E-state index in [-0.39, 0.29) is 11.8 Å². The van der Waals surface area contributed by atoms with E-state index in [1.165, 1.54) is 29.6 Å². The lowest BCUT2D eigenvalue weighted by Gasteiger charge is -2.17. The van der Waals surface area contributed by atoms with Gasteiger partial charge in [0.1, 0.15) is 10.8 Å². The van der Waals surface area contributed by atoms with Crippen LogP contribution >= 0.6 is 23.3 Å². The number of aromatic nitrogens is 1. The second kappa shape index (κ2) is 9.38. The molecule has 1 aliphatic rings. The Labute approximate surface area is 181 Å². The Kier molecular flexibility index (Phi) is 6.62. The molecule has 3 aromatic rings. The van der Waals surface area contributed by atoms with E-state index < -0.39 is 6.36 Å². The number of likely N-dealkylation sites (tertiary alicyclic amines) is 1. The van der Waals surface area contributed by atoms with Crippen molar-refractivity contribution >= 4 is 23.3 Å². The summed E-state index contributed by atoms with van der Waals surface area (Å²) >= 11 is 2.96. The number of alkyl halides is 3. The van der Waals surface area contributed by atoms with E-state index >= 15 is 0 Å². The SMILES string of the molecule is FC(F)(F)Oc1cccc(SNC2CCN(Cc3ccc(-c4nccs4)cc3)C2)c1. The van der Waals surface area contributed by atoms with Crippen LogP contribution < -0.4 is 9.46 Å². The highest BCUT2D eigenvalue weighted by atomic mass is 32.2. The second-order valence-corrected chi connectivity index (χ2v) is 8.80. The highest BCUT2D eigenvalue weighted by Crippen LogP contribution is 2.27. The van der Waals surface area contributed by atoms with Crippen LogP contribution in [0.5, 0.6) is 5.75 Å². The number of hydrogen-bond donors (Lipinski definition) is 1. The Hall–Kier alpha value is -2.07. The first-order valence-electron chi connectivity index (χ1n) is 9.44. The van der Waals surface area contributed by atoms with Crippen molar-refractivity contribution in [3.8, 4) is 16.3 Å². The summed E-state index contributed by atoms with van der Waals surface area (Å²) in [5, 5.41) is 2.99. The van der Waals surface area contributed by atoms with Gasteiger partial charge in [-0.2, -0.15) is 0 Å². The summed E-state index contributed by atoms with van der Waals surface area (Å²) in [4.78, 5) is 7.39. The number of thiazole rings is 1. The number of rotatable bonds is 7. The van der Waals surface area contributed by atoms with Crippen LogP contribution in [-0.4, -0.2) is 35.4 Å². The average molecular weight is 452 g/mol. The summed E-state index contributed by atoms with van der Waals surface area (Å²) < 4.78 is 44.4. The van der Waals surface area contributed by atoms with Crippen molar-refractivity contribution in [1.82, 2.24) is 14.6 Å². The first-order chi connectivity index (χ1) is 14.4. The lowest BCUT2D eigenvalue weighted by Crippen LogP contribution is -2.28. The topological polar surface area (TPSA) is 37.4 Å². The number of hydrogen-bond acceptors (Lipinski definition) is 6. The number of nitrogens with zero attached hydrogens (tertiary/aromatic N) is 2. The minimum atomic E-state index is -4.68. The van der Waals surface area contributed by atoms with Gasteiger partial charge < -0.3 is 4.74 Å². The molecular formula is C21H20F3N3OS2. The van der Waals surface area contributed by atoms with Gasteiger partial charge in [0, 0.05) is 47.7 Å². The molecule has 0 spiro atoms. The zero-order valence-corrected chi connectivity index (χ0v) is 17.6. The predicted octanol–water partition coefficient (Wildman–Crippen LogP) is 5.58. The Morgan fingerprint density at radius 3 is 2.77 bits per heavy atom. The second-order valence-electron chi connectivity index (χ2n) is 7.00. The van der Waals surface area contributed by atoms with E-state index in [0.717, 1.165) is 36.6 Å². The van der Waals surface area contributed by atoms with Gasteiger partial charge in [-0.15, -0.1) is 24.5 Å². The van der Waals surface area contributed by atoms with Crippen LogP contribution in [-0.2, 0) is 6.54 Å². The smallest absolute Gasteiger partial charge is 0.406 e. The molecule has 1 aliphatic heterocycles. The van der Waals surface area contributed by atoms with Crippen molar-refractivity contribution in [3.05, 3.63) is 65.7 Å². The molecule has 0 aliphatic carbocycles. The molecule has 1 unspecified atom stereocenters. The van der Waals surface area contributed by atoms with E-state index in [1.54, 1.807) is 23.5 Å². The van der Waals surface area contributed by atoms with Crippen LogP contribution in [0.15, 0.2) is 65.0 Å².